The summed E-state index contributed by atoms with van der Waals surface area (Å²) in [6.07, 6.45) is 2.48. The van der Waals surface area contributed by atoms with Gasteiger partial charge in [0.15, 0.2) is 23.0 Å². The molecule has 0 aliphatic heterocycles. The van der Waals surface area contributed by atoms with Gasteiger partial charge in [0.25, 0.3) is 0 Å². The van der Waals surface area contributed by atoms with E-state index in [1.807, 2.05) is 6.92 Å². The van der Waals surface area contributed by atoms with Crippen LogP contribution in [0.4, 0.5) is 0 Å². The quantitative estimate of drug-likeness (QED) is 0.286. The molecule has 0 atom stereocenters. The minimum atomic E-state index is 0.267. The third-order valence-electron chi connectivity index (χ3n) is 2.82. The van der Waals surface area contributed by atoms with Gasteiger partial charge >= 0.3 is 0 Å². The van der Waals surface area contributed by atoms with E-state index < -0.39 is 0 Å². The average Bonchev–Trinajstić information content (AvgIpc) is 2.56. The van der Waals surface area contributed by atoms with Crippen LogP contribution in [-0.2, 0) is 9.47 Å². The second-order valence-electron chi connectivity index (χ2n) is 4.71. The number of benzene rings is 1. The number of rotatable bonds is 10. The first-order chi connectivity index (χ1) is 11.0. The van der Waals surface area contributed by atoms with E-state index >= 15 is 0 Å². The fourth-order valence-corrected chi connectivity index (χ4v) is 1.71. The van der Waals surface area contributed by atoms with Crippen molar-refractivity contribution in [3.63, 3.8) is 0 Å². The Morgan fingerprint density at radius 2 is 1.91 bits per heavy atom. The minimum absolute atomic E-state index is 0.267. The molecule has 0 spiro atoms. The van der Waals surface area contributed by atoms with Crippen LogP contribution in [0.3, 0.4) is 0 Å². The lowest BCUT2D eigenvalue weighted by Crippen LogP contribution is -2.09. The zero-order chi connectivity index (χ0) is 17.2. The van der Waals surface area contributed by atoms with E-state index in [1.54, 1.807) is 24.3 Å². The van der Waals surface area contributed by atoms with Crippen LogP contribution in [-0.4, -0.2) is 33.7 Å². The summed E-state index contributed by atoms with van der Waals surface area (Å²) in [6, 6.07) is 4.95. The molecule has 1 aromatic rings. The van der Waals surface area contributed by atoms with Crippen molar-refractivity contribution in [1.29, 1.82) is 0 Å². The zero-order valence-electron chi connectivity index (χ0n) is 13.8. The number of hydrogen-bond donors (Lipinski definition) is 0. The molecule has 0 aliphatic rings. The molecule has 0 bridgehead atoms. The molecule has 5 nitrogen and oxygen atoms in total. The fraction of sp³-hybridized carbons (Fsp3) is 0.278. The highest BCUT2D eigenvalue weighted by Crippen LogP contribution is 2.27. The van der Waals surface area contributed by atoms with Gasteiger partial charge in [-0.05, 0) is 31.2 Å². The number of carbonyl (C=O) groups is 1. The molecule has 1 rings (SSSR count). The lowest BCUT2D eigenvalue weighted by Gasteiger charge is -2.14. The Labute approximate surface area is 136 Å². The van der Waals surface area contributed by atoms with Crippen molar-refractivity contribution in [2.75, 3.05) is 27.4 Å². The Hall–Kier alpha value is -2.69. The monoisotopic (exact) mass is 318 g/mol. The Balaban J connectivity index is 2.64. The maximum atomic E-state index is 10.8. The van der Waals surface area contributed by atoms with E-state index in [-0.39, 0.29) is 13.2 Å². The third-order valence-corrected chi connectivity index (χ3v) is 2.82. The maximum Gasteiger partial charge on any atom is 0.162 e. The second-order valence-corrected chi connectivity index (χ2v) is 4.71. The molecule has 0 aliphatic carbocycles. The molecule has 0 fully saturated rings. The SMILES string of the molecule is C=C(C)/C=C(/OCCOc1cc(C=O)ccc1OC)C(=C)OC. The first kappa shape index (κ1) is 18.4. The summed E-state index contributed by atoms with van der Waals surface area (Å²) in [5.74, 6) is 1.94. The Bertz CT molecular complexity index is 601. The second kappa shape index (κ2) is 9.35. The van der Waals surface area contributed by atoms with Gasteiger partial charge in [-0.25, -0.2) is 0 Å². The van der Waals surface area contributed by atoms with Crippen molar-refractivity contribution in [3.8, 4) is 11.5 Å². The normalized spacial score (nSPS) is 10.7. The third kappa shape index (κ3) is 5.90. The first-order valence-electron chi connectivity index (χ1n) is 7.01. The van der Waals surface area contributed by atoms with Crippen LogP contribution in [0.15, 0.2) is 54.5 Å². The van der Waals surface area contributed by atoms with Gasteiger partial charge in [-0.2, -0.15) is 0 Å². The number of carbonyl (C=O) groups excluding carboxylic acids is 1. The predicted molar refractivity (Wildman–Crippen MR) is 88.9 cm³/mol. The summed E-state index contributed by atoms with van der Waals surface area (Å²) in [6.45, 7) is 9.94. The van der Waals surface area contributed by atoms with Gasteiger partial charge in [-0.3, -0.25) is 4.79 Å². The number of hydrogen-bond acceptors (Lipinski definition) is 5. The van der Waals surface area contributed by atoms with Gasteiger partial charge < -0.3 is 18.9 Å². The van der Waals surface area contributed by atoms with Gasteiger partial charge in [-0.15, -0.1) is 0 Å². The van der Waals surface area contributed by atoms with Crippen molar-refractivity contribution in [2.45, 2.75) is 6.92 Å². The molecule has 0 heterocycles. The van der Waals surface area contributed by atoms with Crippen LogP contribution in [0.25, 0.3) is 0 Å². The fourth-order valence-electron chi connectivity index (χ4n) is 1.71. The van der Waals surface area contributed by atoms with Crippen LogP contribution in [0.1, 0.15) is 17.3 Å². The van der Waals surface area contributed by atoms with Crippen molar-refractivity contribution in [2.24, 2.45) is 0 Å². The lowest BCUT2D eigenvalue weighted by molar-refractivity contribution is 0.112. The Morgan fingerprint density at radius 1 is 1.17 bits per heavy atom. The highest BCUT2D eigenvalue weighted by molar-refractivity contribution is 5.76. The van der Waals surface area contributed by atoms with Crippen LogP contribution < -0.4 is 9.47 Å². The van der Waals surface area contributed by atoms with Gasteiger partial charge in [0, 0.05) is 5.56 Å². The largest absolute Gasteiger partial charge is 0.493 e. The van der Waals surface area contributed by atoms with E-state index in [0.717, 1.165) is 11.9 Å². The maximum absolute atomic E-state index is 10.8. The molecular weight excluding hydrogens is 296 g/mol. The number of ether oxygens (including phenoxy) is 4. The molecule has 0 amide bonds. The molecule has 0 saturated carbocycles. The first-order valence-corrected chi connectivity index (χ1v) is 7.01. The average molecular weight is 318 g/mol. The molecule has 0 aromatic heterocycles. The summed E-state index contributed by atoms with van der Waals surface area (Å²) in [7, 11) is 3.06. The molecule has 1 aromatic carbocycles. The molecule has 23 heavy (non-hydrogen) atoms. The number of allylic oxidation sites excluding steroid dienone is 2. The van der Waals surface area contributed by atoms with Crippen molar-refractivity contribution in [1.82, 2.24) is 0 Å². The zero-order valence-corrected chi connectivity index (χ0v) is 13.8. The van der Waals surface area contributed by atoms with Gasteiger partial charge in [-0.1, -0.05) is 18.7 Å². The molecule has 5 heteroatoms. The molecule has 0 radical (unpaired) electrons. The highest BCUT2D eigenvalue weighted by Gasteiger charge is 2.07. The molecule has 0 unspecified atom stereocenters. The molecule has 0 saturated heterocycles. The van der Waals surface area contributed by atoms with E-state index in [1.165, 1.54) is 14.2 Å². The minimum Gasteiger partial charge on any atom is -0.493 e. The lowest BCUT2D eigenvalue weighted by atomic mass is 10.2. The van der Waals surface area contributed by atoms with Gasteiger partial charge in [0.1, 0.15) is 19.5 Å². The van der Waals surface area contributed by atoms with Crippen LogP contribution >= 0.6 is 0 Å². The standard InChI is InChI=1S/C18H22O5/c1-13(2)10-17(14(3)20-4)22-8-9-23-18-11-15(12-19)6-7-16(18)21-5/h6-7,10-12H,1,3,8-9H2,2,4-5H3/b17-10+. The van der Waals surface area contributed by atoms with E-state index in [0.29, 0.717) is 28.6 Å². The topological polar surface area (TPSA) is 54.0 Å². The van der Waals surface area contributed by atoms with Gasteiger partial charge in [0.2, 0.25) is 0 Å². The Kier molecular flexibility index (Phi) is 7.47. The smallest absolute Gasteiger partial charge is 0.162 e. The van der Waals surface area contributed by atoms with Crippen LogP contribution in [0.2, 0.25) is 0 Å². The summed E-state index contributed by atoms with van der Waals surface area (Å²) >= 11 is 0. The molecular formula is C18H22O5. The van der Waals surface area contributed by atoms with E-state index in [4.69, 9.17) is 18.9 Å². The highest BCUT2D eigenvalue weighted by atomic mass is 16.6. The summed E-state index contributed by atoms with van der Waals surface area (Å²) in [4.78, 5) is 10.8. The van der Waals surface area contributed by atoms with E-state index in [2.05, 4.69) is 13.2 Å². The van der Waals surface area contributed by atoms with Crippen molar-refractivity contribution < 1.29 is 23.7 Å². The Morgan fingerprint density at radius 3 is 2.48 bits per heavy atom. The van der Waals surface area contributed by atoms with Crippen molar-refractivity contribution >= 4 is 6.29 Å². The number of aldehydes is 1. The summed E-state index contributed by atoms with van der Waals surface area (Å²) in [5.41, 5.74) is 1.33. The predicted octanol–water partition coefficient (Wildman–Crippen LogP) is 3.52. The molecule has 124 valence electrons. The molecule has 0 N–H and O–H groups in total. The number of methoxy groups -OCH3 is 2. The van der Waals surface area contributed by atoms with E-state index in [9.17, 15) is 4.79 Å². The van der Waals surface area contributed by atoms with Crippen molar-refractivity contribution in [3.05, 3.63) is 60.1 Å². The van der Waals surface area contributed by atoms with Crippen LogP contribution in [0.5, 0.6) is 11.5 Å². The summed E-state index contributed by atoms with van der Waals surface area (Å²) < 4.78 is 21.5. The summed E-state index contributed by atoms with van der Waals surface area (Å²) in [5, 5.41) is 0. The van der Waals surface area contributed by atoms with Gasteiger partial charge in [0.05, 0.1) is 14.2 Å². The van der Waals surface area contributed by atoms with Crippen LogP contribution in [0, 0.1) is 0 Å².